The standard InChI is InChI=1S/C13H20N2O2S/c1-2-16-11-3-6-15(9-12-14-5-8-18-12)10-4-7-17-13(10)11/h5,8,10-11,13H,2-4,6-7,9H2,1H3/t10-,11+,13-/m0/s1. The first kappa shape index (κ1) is 12.5. The minimum absolute atomic E-state index is 0.263. The van der Waals surface area contributed by atoms with Crippen molar-refractivity contribution in [2.24, 2.45) is 0 Å². The molecule has 0 aliphatic carbocycles. The van der Waals surface area contributed by atoms with E-state index >= 15 is 0 Å². The molecule has 2 aliphatic heterocycles. The van der Waals surface area contributed by atoms with Gasteiger partial charge in [-0.1, -0.05) is 0 Å². The Morgan fingerprint density at radius 2 is 2.50 bits per heavy atom. The number of hydrogen-bond donors (Lipinski definition) is 0. The van der Waals surface area contributed by atoms with Gasteiger partial charge in [-0.3, -0.25) is 4.90 Å². The molecule has 3 atom stereocenters. The van der Waals surface area contributed by atoms with Crippen LogP contribution in [0.2, 0.25) is 0 Å². The predicted molar refractivity (Wildman–Crippen MR) is 70.7 cm³/mol. The molecule has 0 saturated carbocycles. The maximum absolute atomic E-state index is 5.89. The lowest BCUT2D eigenvalue weighted by Gasteiger charge is -2.40. The monoisotopic (exact) mass is 268 g/mol. The molecule has 0 unspecified atom stereocenters. The van der Waals surface area contributed by atoms with Gasteiger partial charge in [-0.2, -0.15) is 0 Å². The summed E-state index contributed by atoms with van der Waals surface area (Å²) in [5.74, 6) is 0. The maximum atomic E-state index is 5.89. The van der Waals surface area contributed by atoms with Crippen LogP contribution in [-0.2, 0) is 16.0 Å². The fraction of sp³-hybridized carbons (Fsp3) is 0.769. The molecule has 3 rings (SSSR count). The molecule has 0 amide bonds. The smallest absolute Gasteiger partial charge is 0.107 e. The van der Waals surface area contributed by atoms with E-state index in [0.29, 0.717) is 6.04 Å². The third kappa shape index (κ3) is 2.45. The van der Waals surface area contributed by atoms with Gasteiger partial charge < -0.3 is 9.47 Å². The predicted octanol–water partition coefficient (Wildman–Crippen LogP) is 1.91. The molecule has 1 aromatic rings. The number of piperidine rings is 1. The van der Waals surface area contributed by atoms with Crippen LogP contribution in [0.3, 0.4) is 0 Å². The third-order valence-corrected chi connectivity index (χ3v) is 4.61. The minimum atomic E-state index is 0.263. The lowest BCUT2D eigenvalue weighted by atomic mass is 9.95. The first-order valence-electron chi connectivity index (χ1n) is 6.74. The van der Waals surface area contributed by atoms with Crippen LogP contribution >= 0.6 is 11.3 Å². The van der Waals surface area contributed by atoms with Crippen molar-refractivity contribution in [1.82, 2.24) is 9.88 Å². The Morgan fingerprint density at radius 3 is 3.28 bits per heavy atom. The van der Waals surface area contributed by atoms with Crippen molar-refractivity contribution >= 4 is 11.3 Å². The van der Waals surface area contributed by atoms with E-state index in [9.17, 15) is 0 Å². The van der Waals surface area contributed by atoms with E-state index in [4.69, 9.17) is 9.47 Å². The highest BCUT2D eigenvalue weighted by Crippen LogP contribution is 2.31. The Hall–Kier alpha value is -0.490. The van der Waals surface area contributed by atoms with Gasteiger partial charge in [-0.25, -0.2) is 4.98 Å². The van der Waals surface area contributed by atoms with E-state index < -0.39 is 0 Å². The number of ether oxygens (including phenoxy) is 2. The van der Waals surface area contributed by atoms with Gasteiger partial charge in [-0.05, 0) is 19.8 Å². The Balaban J connectivity index is 1.67. The van der Waals surface area contributed by atoms with Crippen LogP contribution in [0.1, 0.15) is 24.8 Å². The highest BCUT2D eigenvalue weighted by Gasteiger charge is 2.42. The maximum Gasteiger partial charge on any atom is 0.107 e. The number of hydrogen-bond acceptors (Lipinski definition) is 5. The van der Waals surface area contributed by atoms with Gasteiger partial charge in [0, 0.05) is 37.4 Å². The van der Waals surface area contributed by atoms with E-state index in [0.717, 1.165) is 39.1 Å². The molecule has 1 aromatic heterocycles. The molecule has 2 aliphatic rings. The zero-order chi connectivity index (χ0) is 12.4. The van der Waals surface area contributed by atoms with Crippen molar-refractivity contribution in [3.05, 3.63) is 16.6 Å². The molecule has 0 bridgehead atoms. The molecular formula is C13H20N2O2S. The van der Waals surface area contributed by atoms with Crippen molar-refractivity contribution in [2.45, 2.75) is 44.6 Å². The van der Waals surface area contributed by atoms with Gasteiger partial charge in [-0.15, -0.1) is 11.3 Å². The quantitative estimate of drug-likeness (QED) is 0.835. The number of nitrogens with zero attached hydrogens (tertiary/aromatic N) is 2. The summed E-state index contributed by atoms with van der Waals surface area (Å²) in [5.41, 5.74) is 0. The van der Waals surface area contributed by atoms with Crippen LogP contribution < -0.4 is 0 Å². The van der Waals surface area contributed by atoms with Crippen molar-refractivity contribution < 1.29 is 9.47 Å². The van der Waals surface area contributed by atoms with Crippen molar-refractivity contribution in [1.29, 1.82) is 0 Å². The van der Waals surface area contributed by atoms with Gasteiger partial charge in [0.25, 0.3) is 0 Å². The molecule has 5 heteroatoms. The minimum Gasteiger partial charge on any atom is -0.376 e. The van der Waals surface area contributed by atoms with Crippen LogP contribution in [0.4, 0.5) is 0 Å². The largest absolute Gasteiger partial charge is 0.376 e. The van der Waals surface area contributed by atoms with Crippen LogP contribution in [0.15, 0.2) is 11.6 Å². The van der Waals surface area contributed by atoms with E-state index in [1.807, 2.05) is 11.6 Å². The number of aromatic nitrogens is 1. The molecule has 0 aromatic carbocycles. The average Bonchev–Trinajstić information content (AvgIpc) is 3.03. The van der Waals surface area contributed by atoms with Crippen molar-refractivity contribution in [2.75, 3.05) is 19.8 Å². The summed E-state index contributed by atoms with van der Waals surface area (Å²) in [6.45, 7) is 5.76. The summed E-state index contributed by atoms with van der Waals surface area (Å²) in [7, 11) is 0. The second-order valence-electron chi connectivity index (χ2n) is 4.87. The summed E-state index contributed by atoms with van der Waals surface area (Å²) >= 11 is 1.74. The first-order chi connectivity index (χ1) is 8.88. The summed E-state index contributed by atoms with van der Waals surface area (Å²) in [6.07, 6.45) is 4.63. The van der Waals surface area contributed by atoms with E-state index in [-0.39, 0.29) is 12.2 Å². The van der Waals surface area contributed by atoms with Crippen LogP contribution in [0.25, 0.3) is 0 Å². The number of rotatable bonds is 4. The van der Waals surface area contributed by atoms with Gasteiger partial charge in [0.15, 0.2) is 0 Å². The zero-order valence-electron chi connectivity index (χ0n) is 10.7. The average molecular weight is 268 g/mol. The Kier molecular flexibility index (Phi) is 3.94. The molecule has 100 valence electrons. The van der Waals surface area contributed by atoms with Crippen LogP contribution in [0.5, 0.6) is 0 Å². The normalized spacial score (nSPS) is 32.6. The second-order valence-corrected chi connectivity index (χ2v) is 5.85. The van der Waals surface area contributed by atoms with Gasteiger partial charge >= 0.3 is 0 Å². The van der Waals surface area contributed by atoms with E-state index in [2.05, 4.69) is 16.8 Å². The van der Waals surface area contributed by atoms with E-state index in [1.54, 1.807) is 11.3 Å². The topological polar surface area (TPSA) is 34.6 Å². The first-order valence-corrected chi connectivity index (χ1v) is 7.62. The highest BCUT2D eigenvalue weighted by atomic mass is 32.1. The number of likely N-dealkylation sites (tertiary alicyclic amines) is 1. The van der Waals surface area contributed by atoms with Crippen molar-refractivity contribution in [3.8, 4) is 0 Å². The second kappa shape index (κ2) is 5.65. The van der Waals surface area contributed by atoms with Gasteiger partial charge in [0.2, 0.25) is 0 Å². The third-order valence-electron chi connectivity index (χ3n) is 3.84. The van der Waals surface area contributed by atoms with Gasteiger partial charge in [0.1, 0.15) is 5.01 Å². The summed E-state index contributed by atoms with van der Waals surface area (Å²) in [4.78, 5) is 6.90. The summed E-state index contributed by atoms with van der Waals surface area (Å²) in [5, 5.41) is 3.25. The van der Waals surface area contributed by atoms with Crippen molar-refractivity contribution in [3.63, 3.8) is 0 Å². The molecule has 0 radical (unpaired) electrons. The Morgan fingerprint density at radius 1 is 1.56 bits per heavy atom. The van der Waals surface area contributed by atoms with Gasteiger partial charge in [0.05, 0.1) is 18.8 Å². The molecule has 4 nitrogen and oxygen atoms in total. The fourth-order valence-electron chi connectivity index (χ4n) is 3.06. The lowest BCUT2D eigenvalue weighted by molar-refractivity contribution is -0.0968. The molecule has 2 saturated heterocycles. The Labute approximate surface area is 112 Å². The zero-order valence-corrected chi connectivity index (χ0v) is 11.6. The summed E-state index contributed by atoms with van der Waals surface area (Å²) < 4.78 is 11.7. The molecule has 0 N–H and O–H groups in total. The fourth-order valence-corrected chi connectivity index (χ4v) is 3.70. The molecule has 2 fully saturated rings. The van der Waals surface area contributed by atoms with Crippen LogP contribution in [0, 0.1) is 0 Å². The SMILES string of the molecule is CCO[C@@H]1CCN(Cc2nccs2)[C@H]2CCO[C@H]12. The molecule has 18 heavy (non-hydrogen) atoms. The van der Waals surface area contributed by atoms with Crippen LogP contribution in [-0.4, -0.2) is 47.9 Å². The Bertz CT molecular complexity index is 371. The number of fused-ring (bicyclic) bond motifs is 1. The molecular weight excluding hydrogens is 248 g/mol. The molecule has 3 heterocycles. The molecule has 0 spiro atoms. The van der Waals surface area contributed by atoms with E-state index in [1.165, 1.54) is 5.01 Å². The highest BCUT2D eigenvalue weighted by molar-refractivity contribution is 7.09. The lowest BCUT2D eigenvalue weighted by Crippen LogP contribution is -2.52. The number of thiazole rings is 1. The summed E-state index contributed by atoms with van der Waals surface area (Å²) in [6, 6.07) is 0.513.